The number of thiocarbonyl (C=S) groups is 1. The predicted molar refractivity (Wildman–Crippen MR) is 82.2 cm³/mol. The highest BCUT2D eigenvalue weighted by Gasteiger charge is 2.28. The highest BCUT2D eigenvalue weighted by molar-refractivity contribution is 7.80. The number of amides is 2. The fourth-order valence-electron chi connectivity index (χ4n) is 2.28. The summed E-state index contributed by atoms with van der Waals surface area (Å²) in [5.74, 6) is -0.0951. The molecule has 7 heteroatoms. The van der Waals surface area contributed by atoms with Crippen molar-refractivity contribution in [3.63, 3.8) is 0 Å². The van der Waals surface area contributed by atoms with Crippen molar-refractivity contribution < 1.29 is 14.3 Å². The van der Waals surface area contributed by atoms with Gasteiger partial charge in [0.2, 0.25) is 0 Å². The second-order valence-electron chi connectivity index (χ2n) is 4.82. The Bertz CT molecular complexity index is 576. The third-order valence-electron chi connectivity index (χ3n) is 3.38. The van der Waals surface area contributed by atoms with Gasteiger partial charge in [-0.2, -0.15) is 0 Å². The van der Waals surface area contributed by atoms with Gasteiger partial charge in [0.15, 0.2) is 0 Å². The van der Waals surface area contributed by atoms with Crippen LogP contribution in [-0.2, 0) is 4.74 Å². The summed E-state index contributed by atoms with van der Waals surface area (Å²) in [6.45, 7) is 1.05. The van der Waals surface area contributed by atoms with E-state index in [0.29, 0.717) is 30.6 Å². The van der Waals surface area contributed by atoms with Crippen molar-refractivity contribution in [2.45, 2.75) is 12.5 Å². The number of ether oxygens (including phenoxy) is 1. The minimum absolute atomic E-state index is 0.0832. The number of nitrogens with two attached hydrogens (primary N) is 1. The quantitative estimate of drug-likeness (QED) is 0.810. The molecule has 0 aromatic heterocycles. The Balaban J connectivity index is 2.03. The average molecular weight is 307 g/mol. The van der Waals surface area contributed by atoms with Crippen molar-refractivity contribution in [3.05, 3.63) is 35.4 Å². The normalized spacial score (nSPS) is 17.4. The first-order valence-corrected chi connectivity index (χ1v) is 6.95. The lowest BCUT2D eigenvalue weighted by atomic mass is 10.1. The van der Waals surface area contributed by atoms with Gasteiger partial charge < -0.3 is 20.7 Å². The van der Waals surface area contributed by atoms with E-state index in [9.17, 15) is 9.59 Å². The summed E-state index contributed by atoms with van der Waals surface area (Å²) in [6.07, 6.45) is 0.223. The number of hydrogen-bond acceptors (Lipinski definition) is 4. The lowest BCUT2D eigenvalue weighted by molar-refractivity contribution is 0.0788. The summed E-state index contributed by atoms with van der Waals surface area (Å²) >= 11 is 4.91. The molecule has 112 valence electrons. The van der Waals surface area contributed by atoms with Gasteiger partial charge in [-0.05, 0) is 18.6 Å². The standard InChI is InChI=1S/C14H17N3O3S/c1-20-14(19)16-11-5-6-17(8-11)13(18)10-4-2-3-9(7-10)12(15)21/h2-4,7,11H,5-6,8H2,1H3,(H2,15,21)(H,16,19). The molecule has 0 radical (unpaired) electrons. The molecule has 2 amide bonds. The average Bonchev–Trinajstić information content (AvgIpc) is 2.94. The molecule has 0 saturated carbocycles. The summed E-state index contributed by atoms with van der Waals surface area (Å²) < 4.78 is 4.55. The van der Waals surface area contributed by atoms with E-state index in [1.807, 2.05) is 0 Å². The van der Waals surface area contributed by atoms with Gasteiger partial charge in [-0.25, -0.2) is 4.79 Å². The molecule has 1 atom stereocenters. The monoisotopic (exact) mass is 307 g/mol. The van der Waals surface area contributed by atoms with Gasteiger partial charge in [-0.15, -0.1) is 0 Å². The molecule has 1 aromatic rings. The van der Waals surface area contributed by atoms with E-state index in [1.54, 1.807) is 29.2 Å². The number of hydrogen-bond donors (Lipinski definition) is 2. The maximum absolute atomic E-state index is 12.4. The fraction of sp³-hybridized carbons (Fsp3) is 0.357. The van der Waals surface area contributed by atoms with Gasteiger partial charge in [0, 0.05) is 24.2 Å². The Kier molecular flexibility index (Phi) is 4.74. The van der Waals surface area contributed by atoms with Crippen LogP contribution < -0.4 is 11.1 Å². The van der Waals surface area contributed by atoms with Crippen LogP contribution >= 0.6 is 12.2 Å². The fourth-order valence-corrected chi connectivity index (χ4v) is 2.40. The van der Waals surface area contributed by atoms with Crippen molar-refractivity contribution in [1.29, 1.82) is 0 Å². The highest BCUT2D eigenvalue weighted by atomic mass is 32.1. The van der Waals surface area contributed by atoms with E-state index in [2.05, 4.69) is 10.1 Å². The number of carbonyl (C=O) groups is 2. The Morgan fingerprint density at radius 1 is 1.43 bits per heavy atom. The number of carbonyl (C=O) groups excluding carboxylic acids is 2. The van der Waals surface area contributed by atoms with E-state index in [0.717, 1.165) is 0 Å². The van der Waals surface area contributed by atoms with E-state index in [-0.39, 0.29) is 16.9 Å². The van der Waals surface area contributed by atoms with Crippen LogP contribution in [0.15, 0.2) is 24.3 Å². The van der Waals surface area contributed by atoms with Crippen molar-refractivity contribution in [1.82, 2.24) is 10.2 Å². The Hall–Kier alpha value is -2.15. The molecule has 6 nitrogen and oxygen atoms in total. The molecule has 1 fully saturated rings. The molecule has 3 N–H and O–H groups in total. The van der Waals surface area contributed by atoms with E-state index in [4.69, 9.17) is 18.0 Å². The first-order chi connectivity index (χ1) is 10.0. The number of rotatable bonds is 3. The molecule has 1 aliphatic heterocycles. The topological polar surface area (TPSA) is 84.7 Å². The minimum atomic E-state index is -0.482. The van der Waals surface area contributed by atoms with Crippen LogP contribution in [-0.4, -0.2) is 48.1 Å². The van der Waals surface area contributed by atoms with Crippen molar-refractivity contribution >= 4 is 29.2 Å². The second kappa shape index (κ2) is 6.53. The summed E-state index contributed by atoms with van der Waals surface area (Å²) in [5.41, 5.74) is 6.78. The number of methoxy groups -OCH3 is 1. The summed E-state index contributed by atoms with van der Waals surface area (Å²) in [5, 5.41) is 2.70. The summed E-state index contributed by atoms with van der Waals surface area (Å²) in [4.78, 5) is 25.5. The molecule has 1 saturated heterocycles. The first kappa shape index (κ1) is 15.2. The number of nitrogens with one attached hydrogen (secondary N) is 1. The van der Waals surface area contributed by atoms with Gasteiger partial charge in [0.05, 0.1) is 13.2 Å². The SMILES string of the molecule is COC(=O)NC1CCN(C(=O)c2cccc(C(N)=S)c2)C1. The smallest absolute Gasteiger partial charge is 0.407 e. The van der Waals surface area contributed by atoms with E-state index < -0.39 is 6.09 Å². The van der Waals surface area contributed by atoms with Crippen LogP contribution in [0, 0.1) is 0 Å². The van der Waals surface area contributed by atoms with Crippen LogP contribution in [0.3, 0.4) is 0 Å². The third-order valence-corrected chi connectivity index (χ3v) is 3.61. The molecular weight excluding hydrogens is 290 g/mol. The van der Waals surface area contributed by atoms with Crippen LogP contribution in [0.5, 0.6) is 0 Å². The molecule has 0 aliphatic carbocycles. The Morgan fingerprint density at radius 3 is 2.81 bits per heavy atom. The van der Waals surface area contributed by atoms with E-state index >= 15 is 0 Å². The van der Waals surface area contributed by atoms with Crippen LogP contribution in [0.25, 0.3) is 0 Å². The lowest BCUT2D eigenvalue weighted by Crippen LogP contribution is -2.38. The van der Waals surface area contributed by atoms with Crippen LogP contribution in [0.2, 0.25) is 0 Å². The van der Waals surface area contributed by atoms with Gasteiger partial charge >= 0.3 is 6.09 Å². The van der Waals surface area contributed by atoms with Gasteiger partial charge in [0.1, 0.15) is 4.99 Å². The second-order valence-corrected chi connectivity index (χ2v) is 5.26. The van der Waals surface area contributed by atoms with Crippen LogP contribution in [0.1, 0.15) is 22.3 Å². The number of benzene rings is 1. The van der Waals surface area contributed by atoms with Crippen LogP contribution in [0.4, 0.5) is 4.79 Å². The van der Waals surface area contributed by atoms with Gasteiger partial charge in [-0.3, -0.25) is 4.79 Å². The molecule has 21 heavy (non-hydrogen) atoms. The molecule has 1 unspecified atom stereocenters. The number of nitrogens with zero attached hydrogens (tertiary/aromatic N) is 1. The molecule has 2 rings (SSSR count). The summed E-state index contributed by atoms with van der Waals surface area (Å²) in [6, 6.07) is 6.85. The molecule has 0 spiro atoms. The first-order valence-electron chi connectivity index (χ1n) is 6.55. The highest BCUT2D eigenvalue weighted by Crippen LogP contribution is 2.15. The molecule has 0 bridgehead atoms. The third kappa shape index (κ3) is 3.69. The van der Waals surface area contributed by atoms with Crippen molar-refractivity contribution in [2.75, 3.05) is 20.2 Å². The maximum atomic E-state index is 12.4. The predicted octanol–water partition coefficient (Wildman–Crippen LogP) is 0.891. The molecule has 1 aliphatic rings. The van der Waals surface area contributed by atoms with Gasteiger partial charge in [0.25, 0.3) is 5.91 Å². The largest absolute Gasteiger partial charge is 0.453 e. The molecular formula is C14H17N3O3S. The van der Waals surface area contributed by atoms with E-state index in [1.165, 1.54) is 7.11 Å². The zero-order chi connectivity index (χ0) is 15.4. The van der Waals surface area contributed by atoms with Gasteiger partial charge in [-0.1, -0.05) is 24.4 Å². The molecule has 1 aromatic carbocycles. The summed E-state index contributed by atoms with van der Waals surface area (Å²) in [7, 11) is 1.31. The Morgan fingerprint density at radius 2 is 2.14 bits per heavy atom. The minimum Gasteiger partial charge on any atom is -0.453 e. The molecule has 1 heterocycles. The number of alkyl carbamates (subject to hydrolysis) is 1. The Labute approximate surface area is 128 Å². The maximum Gasteiger partial charge on any atom is 0.407 e. The van der Waals surface area contributed by atoms with Crippen molar-refractivity contribution in [2.24, 2.45) is 5.73 Å². The van der Waals surface area contributed by atoms with Crippen molar-refractivity contribution in [3.8, 4) is 0 Å². The number of likely N-dealkylation sites (tertiary alicyclic amines) is 1. The zero-order valence-corrected chi connectivity index (χ0v) is 12.5. The lowest BCUT2D eigenvalue weighted by Gasteiger charge is -2.17. The zero-order valence-electron chi connectivity index (χ0n) is 11.7.